The minimum Gasteiger partial charge on any atom is -0.316 e. The Bertz CT molecular complexity index is 628. The quantitative estimate of drug-likeness (QED) is 0.845. The topological polar surface area (TPSA) is 58.2 Å². The summed E-state index contributed by atoms with van der Waals surface area (Å²) in [6.07, 6.45) is 2.94. The molecule has 7 heteroatoms. The summed E-state index contributed by atoms with van der Waals surface area (Å²) in [5.41, 5.74) is 0.302. The predicted molar refractivity (Wildman–Crippen MR) is 76.3 cm³/mol. The van der Waals surface area contributed by atoms with Crippen molar-refractivity contribution >= 4 is 10.0 Å². The third-order valence-electron chi connectivity index (χ3n) is 3.97. The normalized spacial score (nSPS) is 17.5. The van der Waals surface area contributed by atoms with E-state index in [2.05, 4.69) is 10.0 Å². The Balaban J connectivity index is 2.25. The van der Waals surface area contributed by atoms with Gasteiger partial charge in [0.15, 0.2) is 11.6 Å². The summed E-state index contributed by atoms with van der Waals surface area (Å²) >= 11 is 0. The first kappa shape index (κ1) is 16.3. The van der Waals surface area contributed by atoms with E-state index in [0.717, 1.165) is 25.3 Å². The van der Waals surface area contributed by atoms with Crippen molar-refractivity contribution in [2.24, 2.45) is 5.41 Å². The fourth-order valence-electron chi connectivity index (χ4n) is 2.42. The summed E-state index contributed by atoms with van der Waals surface area (Å²) < 4.78 is 54.2. The van der Waals surface area contributed by atoms with Crippen LogP contribution in [0.25, 0.3) is 0 Å². The van der Waals surface area contributed by atoms with Crippen LogP contribution in [0.1, 0.15) is 31.7 Å². The van der Waals surface area contributed by atoms with E-state index in [4.69, 9.17) is 0 Å². The van der Waals surface area contributed by atoms with Crippen LogP contribution in [0.3, 0.4) is 0 Å². The van der Waals surface area contributed by atoms with Gasteiger partial charge in [-0.1, -0.05) is 13.3 Å². The fraction of sp³-hybridized carbons (Fsp3) is 0.571. The molecule has 1 aromatic rings. The van der Waals surface area contributed by atoms with Crippen LogP contribution in [0, 0.1) is 17.0 Å². The Morgan fingerprint density at radius 2 is 1.95 bits per heavy atom. The molecule has 1 fully saturated rings. The van der Waals surface area contributed by atoms with Crippen LogP contribution in [-0.2, 0) is 16.6 Å². The van der Waals surface area contributed by atoms with Gasteiger partial charge in [-0.2, -0.15) is 0 Å². The smallest absolute Gasteiger partial charge is 0.243 e. The van der Waals surface area contributed by atoms with Gasteiger partial charge in [0.05, 0.1) is 0 Å². The molecule has 1 saturated carbocycles. The Hall–Kier alpha value is -1.05. The van der Waals surface area contributed by atoms with Crippen molar-refractivity contribution < 1.29 is 17.2 Å². The maximum Gasteiger partial charge on any atom is 0.243 e. The predicted octanol–water partition coefficient (Wildman–Crippen LogP) is 2.15. The molecule has 0 atom stereocenters. The first-order chi connectivity index (χ1) is 9.77. The molecule has 0 spiro atoms. The lowest BCUT2D eigenvalue weighted by Gasteiger charge is -2.38. The molecule has 0 amide bonds. The van der Waals surface area contributed by atoms with Gasteiger partial charge in [-0.3, -0.25) is 0 Å². The van der Waals surface area contributed by atoms with Gasteiger partial charge in [0.1, 0.15) is 4.90 Å². The van der Waals surface area contributed by atoms with Crippen molar-refractivity contribution in [1.82, 2.24) is 10.0 Å². The standard InChI is InChI=1S/C14H20F2N2O2S/c1-14(4-3-5-14)9-18-21(19,20)12-7-10(8-17-2)6-11(15)13(12)16/h6-7,17-18H,3-5,8-9H2,1-2H3. The van der Waals surface area contributed by atoms with E-state index in [1.807, 2.05) is 6.92 Å². The van der Waals surface area contributed by atoms with Crippen LogP contribution in [0.5, 0.6) is 0 Å². The lowest BCUT2D eigenvalue weighted by atomic mass is 9.71. The highest BCUT2D eigenvalue weighted by molar-refractivity contribution is 7.89. The summed E-state index contributed by atoms with van der Waals surface area (Å²) in [5.74, 6) is -2.49. The van der Waals surface area contributed by atoms with Gasteiger partial charge in [-0.05, 0) is 43.0 Å². The van der Waals surface area contributed by atoms with E-state index < -0.39 is 26.6 Å². The highest BCUT2D eigenvalue weighted by Crippen LogP contribution is 2.39. The van der Waals surface area contributed by atoms with Crippen LogP contribution in [-0.4, -0.2) is 22.0 Å². The number of hydrogen-bond donors (Lipinski definition) is 2. The van der Waals surface area contributed by atoms with Gasteiger partial charge in [-0.25, -0.2) is 21.9 Å². The SMILES string of the molecule is CNCc1cc(F)c(F)c(S(=O)(=O)NCC2(C)CCC2)c1. The molecule has 2 rings (SSSR count). The molecule has 4 nitrogen and oxygen atoms in total. The lowest BCUT2D eigenvalue weighted by molar-refractivity contribution is 0.166. The average Bonchev–Trinajstić information content (AvgIpc) is 2.38. The maximum absolute atomic E-state index is 13.8. The number of halogens is 2. The molecular weight excluding hydrogens is 298 g/mol. The molecule has 0 saturated heterocycles. The lowest BCUT2D eigenvalue weighted by Crippen LogP contribution is -2.40. The summed E-state index contributed by atoms with van der Waals surface area (Å²) in [5, 5.41) is 2.78. The van der Waals surface area contributed by atoms with E-state index in [9.17, 15) is 17.2 Å². The number of sulfonamides is 1. The van der Waals surface area contributed by atoms with Crippen molar-refractivity contribution in [1.29, 1.82) is 0 Å². The van der Waals surface area contributed by atoms with Crippen molar-refractivity contribution in [3.05, 3.63) is 29.3 Å². The van der Waals surface area contributed by atoms with Gasteiger partial charge in [0.25, 0.3) is 0 Å². The van der Waals surface area contributed by atoms with Crippen LogP contribution >= 0.6 is 0 Å². The second-order valence-electron chi connectivity index (χ2n) is 5.91. The zero-order chi connectivity index (χ0) is 15.7. The molecule has 0 radical (unpaired) electrons. The van der Waals surface area contributed by atoms with Crippen LogP contribution in [0.2, 0.25) is 0 Å². The first-order valence-corrected chi connectivity index (χ1v) is 8.38. The van der Waals surface area contributed by atoms with Crippen molar-refractivity contribution in [2.75, 3.05) is 13.6 Å². The number of hydrogen-bond acceptors (Lipinski definition) is 3. The van der Waals surface area contributed by atoms with Crippen molar-refractivity contribution in [2.45, 2.75) is 37.6 Å². The highest BCUT2D eigenvalue weighted by atomic mass is 32.2. The van der Waals surface area contributed by atoms with Crippen LogP contribution < -0.4 is 10.0 Å². The van der Waals surface area contributed by atoms with Crippen LogP contribution in [0.4, 0.5) is 8.78 Å². The summed E-state index contributed by atoms with van der Waals surface area (Å²) in [4.78, 5) is -0.629. The van der Waals surface area contributed by atoms with E-state index in [0.29, 0.717) is 5.56 Å². The van der Waals surface area contributed by atoms with Crippen molar-refractivity contribution in [3.63, 3.8) is 0 Å². The average molecular weight is 318 g/mol. The third kappa shape index (κ3) is 3.59. The molecule has 2 N–H and O–H groups in total. The zero-order valence-corrected chi connectivity index (χ0v) is 13.0. The molecule has 1 aliphatic rings. The van der Waals surface area contributed by atoms with E-state index in [1.165, 1.54) is 6.07 Å². The van der Waals surface area contributed by atoms with Crippen LogP contribution in [0.15, 0.2) is 17.0 Å². The molecule has 118 valence electrons. The molecular formula is C14H20F2N2O2S. The molecule has 0 aliphatic heterocycles. The number of rotatable bonds is 6. The largest absolute Gasteiger partial charge is 0.316 e. The Kier molecular flexibility index (Phi) is 4.65. The number of benzene rings is 1. The zero-order valence-electron chi connectivity index (χ0n) is 12.2. The first-order valence-electron chi connectivity index (χ1n) is 6.90. The third-order valence-corrected chi connectivity index (χ3v) is 5.38. The van der Waals surface area contributed by atoms with E-state index in [1.54, 1.807) is 7.05 Å². The van der Waals surface area contributed by atoms with Crippen molar-refractivity contribution in [3.8, 4) is 0 Å². The summed E-state index contributed by atoms with van der Waals surface area (Å²) in [7, 11) is -2.41. The second kappa shape index (κ2) is 5.98. The molecule has 0 bridgehead atoms. The molecule has 0 heterocycles. The highest BCUT2D eigenvalue weighted by Gasteiger charge is 2.33. The molecule has 1 aromatic carbocycles. The van der Waals surface area contributed by atoms with Gasteiger partial charge in [0.2, 0.25) is 10.0 Å². The maximum atomic E-state index is 13.8. The fourth-order valence-corrected chi connectivity index (χ4v) is 3.76. The Labute approximate surface area is 124 Å². The Morgan fingerprint density at radius 3 is 2.48 bits per heavy atom. The summed E-state index contributed by atoms with van der Waals surface area (Å²) in [6, 6.07) is 2.17. The molecule has 0 aromatic heterocycles. The molecule has 21 heavy (non-hydrogen) atoms. The second-order valence-corrected chi connectivity index (χ2v) is 7.64. The minimum atomic E-state index is -4.06. The molecule has 1 aliphatic carbocycles. The number of nitrogens with one attached hydrogen (secondary N) is 2. The Morgan fingerprint density at radius 1 is 1.29 bits per heavy atom. The monoisotopic (exact) mass is 318 g/mol. The molecule has 0 unspecified atom stereocenters. The van der Waals surface area contributed by atoms with Gasteiger partial charge >= 0.3 is 0 Å². The van der Waals surface area contributed by atoms with Gasteiger partial charge in [-0.15, -0.1) is 0 Å². The van der Waals surface area contributed by atoms with E-state index in [-0.39, 0.29) is 18.5 Å². The summed E-state index contributed by atoms with van der Waals surface area (Å²) in [6.45, 7) is 2.48. The van der Waals surface area contributed by atoms with Gasteiger partial charge < -0.3 is 5.32 Å². The van der Waals surface area contributed by atoms with E-state index >= 15 is 0 Å². The minimum absolute atomic E-state index is 0.0787. The van der Waals surface area contributed by atoms with Gasteiger partial charge in [0, 0.05) is 13.1 Å².